The molecule has 19 heavy (non-hydrogen) atoms. The number of rotatable bonds is 15. The number of hydrogen-bond acceptors (Lipinski definition) is 2. The molecule has 0 saturated heterocycles. The van der Waals surface area contributed by atoms with Crippen molar-refractivity contribution in [3.8, 4) is 0 Å². The predicted octanol–water partition coefficient (Wildman–Crippen LogP) is 4.79. The maximum atomic E-state index is 8.80. The Labute approximate surface area is 121 Å². The molecule has 0 aliphatic rings. The Kier molecular flexibility index (Phi) is 15.9. The summed E-state index contributed by atoms with van der Waals surface area (Å²) in [6, 6.07) is 0.00714. The largest absolute Gasteiger partial charge is 0.395 e. The minimum Gasteiger partial charge on any atom is -0.395 e. The van der Waals surface area contributed by atoms with Crippen LogP contribution in [0.2, 0.25) is 0 Å². The fraction of sp³-hybridized carbons (Fsp3) is 1.00. The van der Waals surface area contributed by atoms with Crippen molar-refractivity contribution in [2.45, 2.75) is 103 Å². The van der Waals surface area contributed by atoms with Crippen molar-refractivity contribution in [3.63, 3.8) is 0 Å². The summed E-state index contributed by atoms with van der Waals surface area (Å²) in [5.74, 6) is 0. The van der Waals surface area contributed by atoms with Gasteiger partial charge in [0, 0.05) is 6.04 Å². The fourth-order valence-electron chi connectivity index (χ4n) is 2.52. The lowest BCUT2D eigenvalue weighted by Gasteiger charge is -2.07. The van der Waals surface area contributed by atoms with E-state index in [1.54, 1.807) is 0 Å². The number of nitrogens with two attached hydrogens (primary N) is 1. The fourth-order valence-corrected chi connectivity index (χ4v) is 2.52. The second-order valence-electron chi connectivity index (χ2n) is 5.97. The molecule has 0 spiro atoms. The molecule has 0 radical (unpaired) electrons. The van der Waals surface area contributed by atoms with E-state index in [9.17, 15) is 0 Å². The number of unbranched alkanes of at least 4 members (excludes halogenated alkanes) is 12. The molecule has 2 nitrogen and oxygen atoms in total. The topological polar surface area (TPSA) is 46.2 Å². The van der Waals surface area contributed by atoms with Crippen LogP contribution in [0.25, 0.3) is 0 Å². The first-order valence-electron chi connectivity index (χ1n) is 8.67. The number of hydrogen-bond donors (Lipinski definition) is 2. The van der Waals surface area contributed by atoms with Crippen LogP contribution in [0.5, 0.6) is 0 Å². The van der Waals surface area contributed by atoms with Crippen LogP contribution in [0.4, 0.5) is 0 Å². The van der Waals surface area contributed by atoms with Crippen molar-refractivity contribution >= 4 is 0 Å². The summed E-state index contributed by atoms with van der Waals surface area (Å²) in [6.07, 6.45) is 19.0. The van der Waals surface area contributed by atoms with Gasteiger partial charge in [-0.15, -0.1) is 0 Å². The Balaban J connectivity index is 2.95. The zero-order chi connectivity index (χ0) is 14.2. The minimum atomic E-state index is 0.00714. The molecular weight excluding hydrogens is 234 g/mol. The molecule has 0 aliphatic carbocycles. The Morgan fingerprint density at radius 1 is 0.684 bits per heavy atom. The first-order valence-corrected chi connectivity index (χ1v) is 8.67. The second-order valence-corrected chi connectivity index (χ2v) is 5.97. The van der Waals surface area contributed by atoms with Crippen LogP contribution in [0, 0.1) is 0 Å². The summed E-state index contributed by atoms with van der Waals surface area (Å²) < 4.78 is 0. The van der Waals surface area contributed by atoms with Gasteiger partial charge in [-0.1, -0.05) is 90.4 Å². The minimum absolute atomic E-state index is 0.00714. The first kappa shape index (κ1) is 18.9. The molecule has 0 saturated carbocycles. The molecule has 0 rings (SSSR count). The van der Waals surface area contributed by atoms with Crippen LogP contribution in [0.15, 0.2) is 0 Å². The van der Waals surface area contributed by atoms with E-state index in [2.05, 4.69) is 6.92 Å². The molecule has 0 amide bonds. The van der Waals surface area contributed by atoms with Gasteiger partial charge in [0.15, 0.2) is 0 Å². The van der Waals surface area contributed by atoms with Gasteiger partial charge in [0.05, 0.1) is 6.61 Å². The lowest BCUT2D eigenvalue weighted by molar-refractivity contribution is 0.257. The molecule has 3 N–H and O–H groups in total. The Morgan fingerprint density at radius 3 is 1.42 bits per heavy atom. The third-order valence-electron chi connectivity index (χ3n) is 3.91. The Hall–Kier alpha value is -0.0800. The first-order chi connectivity index (χ1) is 9.31. The standard InChI is InChI=1S/C17H37NO/c1-2-3-4-5-6-7-8-9-10-11-12-13-14-15-17(18)16-19/h17,19H,2-16,18H2,1H3. The van der Waals surface area contributed by atoms with Crippen LogP contribution < -0.4 is 5.73 Å². The highest BCUT2D eigenvalue weighted by molar-refractivity contribution is 4.58. The maximum Gasteiger partial charge on any atom is 0.0582 e. The van der Waals surface area contributed by atoms with Crippen LogP contribution >= 0.6 is 0 Å². The van der Waals surface area contributed by atoms with Crippen LogP contribution in [0.3, 0.4) is 0 Å². The van der Waals surface area contributed by atoms with Crippen molar-refractivity contribution in [2.75, 3.05) is 6.61 Å². The van der Waals surface area contributed by atoms with Gasteiger partial charge in [0.1, 0.15) is 0 Å². The molecule has 1 unspecified atom stereocenters. The maximum absolute atomic E-state index is 8.80. The van der Waals surface area contributed by atoms with Gasteiger partial charge in [-0.3, -0.25) is 0 Å². The smallest absolute Gasteiger partial charge is 0.0582 e. The van der Waals surface area contributed by atoms with E-state index in [-0.39, 0.29) is 12.6 Å². The molecule has 2 heteroatoms. The molecule has 0 aromatic rings. The summed E-state index contributed by atoms with van der Waals surface area (Å²) >= 11 is 0. The van der Waals surface area contributed by atoms with E-state index in [0.717, 1.165) is 6.42 Å². The highest BCUT2D eigenvalue weighted by atomic mass is 16.3. The Morgan fingerprint density at radius 2 is 1.05 bits per heavy atom. The van der Waals surface area contributed by atoms with E-state index in [1.165, 1.54) is 83.5 Å². The van der Waals surface area contributed by atoms with E-state index in [4.69, 9.17) is 10.8 Å². The highest BCUT2D eigenvalue weighted by Crippen LogP contribution is 2.13. The van der Waals surface area contributed by atoms with E-state index in [0.29, 0.717) is 0 Å². The molecule has 0 heterocycles. The molecule has 0 fully saturated rings. The van der Waals surface area contributed by atoms with Gasteiger partial charge in [0.2, 0.25) is 0 Å². The number of aliphatic hydroxyl groups excluding tert-OH is 1. The van der Waals surface area contributed by atoms with Crippen molar-refractivity contribution in [2.24, 2.45) is 5.73 Å². The van der Waals surface area contributed by atoms with Crippen LogP contribution in [-0.4, -0.2) is 17.8 Å². The van der Waals surface area contributed by atoms with E-state index in [1.807, 2.05) is 0 Å². The normalized spacial score (nSPS) is 12.8. The lowest BCUT2D eigenvalue weighted by atomic mass is 10.0. The van der Waals surface area contributed by atoms with Crippen molar-refractivity contribution in [3.05, 3.63) is 0 Å². The zero-order valence-electron chi connectivity index (χ0n) is 13.2. The summed E-state index contributed by atoms with van der Waals surface area (Å²) in [7, 11) is 0. The van der Waals surface area contributed by atoms with Crippen molar-refractivity contribution in [1.82, 2.24) is 0 Å². The third-order valence-corrected chi connectivity index (χ3v) is 3.91. The number of aliphatic hydroxyl groups is 1. The van der Waals surface area contributed by atoms with Crippen molar-refractivity contribution < 1.29 is 5.11 Å². The molecule has 1 atom stereocenters. The van der Waals surface area contributed by atoms with Gasteiger partial charge < -0.3 is 10.8 Å². The summed E-state index contributed by atoms with van der Waals surface area (Å²) in [4.78, 5) is 0. The quantitative estimate of drug-likeness (QED) is 0.421. The molecule has 116 valence electrons. The highest BCUT2D eigenvalue weighted by Gasteiger charge is 1.99. The molecule has 0 aliphatic heterocycles. The Bertz CT molecular complexity index is 161. The molecule has 0 bridgehead atoms. The molecule has 0 aromatic heterocycles. The third kappa shape index (κ3) is 15.9. The van der Waals surface area contributed by atoms with Gasteiger partial charge in [0.25, 0.3) is 0 Å². The summed E-state index contributed by atoms with van der Waals surface area (Å²) in [6.45, 7) is 2.41. The lowest BCUT2D eigenvalue weighted by Crippen LogP contribution is -2.23. The average Bonchev–Trinajstić information content (AvgIpc) is 2.43. The van der Waals surface area contributed by atoms with Gasteiger partial charge in [-0.2, -0.15) is 0 Å². The van der Waals surface area contributed by atoms with Gasteiger partial charge in [-0.25, -0.2) is 0 Å². The van der Waals surface area contributed by atoms with E-state index >= 15 is 0 Å². The second kappa shape index (κ2) is 16.0. The summed E-state index contributed by atoms with van der Waals surface area (Å²) in [5, 5.41) is 8.80. The monoisotopic (exact) mass is 271 g/mol. The average molecular weight is 271 g/mol. The van der Waals surface area contributed by atoms with Crippen LogP contribution in [0.1, 0.15) is 96.8 Å². The van der Waals surface area contributed by atoms with E-state index < -0.39 is 0 Å². The molecular formula is C17H37NO. The summed E-state index contributed by atoms with van der Waals surface area (Å²) in [5.41, 5.74) is 5.66. The van der Waals surface area contributed by atoms with Crippen molar-refractivity contribution in [1.29, 1.82) is 0 Å². The zero-order valence-corrected chi connectivity index (χ0v) is 13.2. The SMILES string of the molecule is CCCCCCCCCCCCCCCC(N)CO. The van der Waals surface area contributed by atoms with Crippen LogP contribution in [-0.2, 0) is 0 Å². The van der Waals surface area contributed by atoms with Gasteiger partial charge in [-0.05, 0) is 6.42 Å². The molecule has 0 aromatic carbocycles. The predicted molar refractivity (Wildman–Crippen MR) is 85.4 cm³/mol. The van der Waals surface area contributed by atoms with Gasteiger partial charge >= 0.3 is 0 Å².